The highest BCUT2D eigenvalue weighted by Crippen LogP contribution is 2.28. The Bertz CT molecular complexity index is 1070. The summed E-state index contributed by atoms with van der Waals surface area (Å²) in [5.41, 5.74) is 4.95. The van der Waals surface area contributed by atoms with Crippen LogP contribution in [0.5, 0.6) is 0 Å². The number of benzene rings is 1. The van der Waals surface area contributed by atoms with Gasteiger partial charge < -0.3 is 4.74 Å². The highest BCUT2D eigenvalue weighted by molar-refractivity contribution is 5.89. The summed E-state index contributed by atoms with van der Waals surface area (Å²) in [6.07, 6.45) is 5.52. The van der Waals surface area contributed by atoms with Gasteiger partial charge in [0.15, 0.2) is 17.1 Å². The van der Waals surface area contributed by atoms with Crippen LogP contribution in [0.2, 0.25) is 0 Å². The first-order valence-electron chi connectivity index (χ1n) is 8.48. The van der Waals surface area contributed by atoms with Crippen molar-refractivity contribution in [1.82, 2.24) is 29.4 Å². The third kappa shape index (κ3) is 2.31. The molecule has 4 heterocycles. The summed E-state index contributed by atoms with van der Waals surface area (Å²) in [6, 6.07) is 6.35. The van der Waals surface area contributed by atoms with Crippen LogP contribution in [-0.4, -0.2) is 36.0 Å². The molecule has 0 spiro atoms. The first-order chi connectivity index (χ1) is 12.2. The topological polar surface area (TPSA) is 70.1 Å². The summed E-state index contributed by atoms with van der Waals surface area (Å²) in [7, 11) is 0. The Morgan fingerprint density at radius 1 is 1.12 bits per heavy atom. The number of nitrogens with zero attached hydrogens (tertiary/aromatic N) is 6. The Labute approximate surface area is 144 Å². The maximum atomic E-state index is 5.70. The van der Waals surface area contributed by atoms with Crippen LogP contribution < -0.4 is 0 Å². The average Bonchev–Trinajstić information content (AvgIpc) is 3.31. The van der Waals surface area contributed by atoms with Crippen molar-refractivity contribution in [3.05, 3.63) is 47.7 Å². The van der Waals surface area contributed by atoms with Crippen LogP contribution in [0.4, 0.5) is 0 Å². The van der Waals surface area contributed by atoms with Crippen molar-refractivity contribution in [2.75, 3.05) is 6.61 Å². The number of aryl methyl sites for hydroxylation is 2. The molecule has 25 heavy (non-hydrogen) atoms. The predicted octanol–water partition coefficient (Wildman–Crippen LogP) is 2.93. The van der Waals surface area contributed by atoms with Crippen molar-refractivity contribution in [2.24, 2.45) is 0 Å². The Morgan fingerprint density at radius 2 is 1.96 bits per heavy atom. The van der Waals surface area contributed by atoms with E-state index in [9.17, 15) is 0 Å². The SMILES string of the molecule is Cc1cc(C)cc(-n2ncc3c2ncn2nc([C@@H]4CCCO4)nc32)c1. The minimum atomic E-state index is -0.00980. The quantitative estimate of drug-likeness (QED) is 0.564. The van der Waals surface area contributed by atoms with E-state index in [1.807, 2.05) is 10.9 Å². The molecule has 0 aliphatic carbocycles. The number of aromatic nitrogens is 6. The van der Waals surface area contributed by atoms with E-state index in [2.05, 4.69) is 47.2 Å². The van der Waals surface area contributed by atoms with E-state index in [0.29, 0.717) is 0 Å². The number of rotatable bonds is 2. The molecule has 7 heteroatoms. The van der Waals surface area contributed by atoms with Gasteiger partial charge in [0.2, 0.25) is 0 Å². The van der Waals surface area contributed by atoms with Gasteiger partial charge >= 0.3 is 0 Å². The molecule has 1 aliphatic heterocycles. The second-order valence-electron chi connectivity index (χ2n) is 6.62. The number of hydrogen-bond donors (Lipinski definition) is 0. The summed E-state index contributed by atoms with van der Waals surface area (Å²) < 4.78 is 9.27. The first kappa shape index (κ1) is 14.5. The van der Waals surface area contributed by atoms with Gasteiger partial charge in [0.05, 0.1) is 17.3 Å². The van der Waals surface area contributed by atoms with Gasteiger partial charge in [-0.15, -0.1) is 5.10 Å². The smallest absolute Gasteiger partial charge is 0.180 e. The normalized spacial score (nSPS) is 17.8. The average molecular weight is 334 g/mol. The number of fused-ring (bicyclic) bond motifs is 3. The summed E-state index contributed by atoms with van der Waals surface area (Å²) >= 11 is 0. The highest BCUT2D eigenvalue weighted by atomic mass is 16.5. The van der Waals surface area contributed by atoms with Crippen molar-refractivity contribution in [3.8, 4) is 5.69 Å². The first-order valence-corrected chi connectivity index (χ1v) is 8.48. The van der Waals surface area contributed by atoms with Crippen LogP contribution in [0.25, 0.3) is 22.4 Å². The van der Waals surface area contributed by atoms with Crippen molar-refractivity contribution in [1.29, 1.82) is 0 Å². The van der Waals surface area contributed by atoms with Crippen LogP contribution >= 0.6 is 0 Å². The fourth-order valence-electron chi connectivity index (χ4n) is 3.52. The maximum Gasteiger partial charge on any atom is 0.180 e. The van der Waals surface area contributed by atoms with E-state index in [0.717, 1.165) is 47.6 Å². The van der Waals surface area contributed by atoms with Crippen molar-refractivity contribution in [2.45, 2.75) is 32.8 Å². The molecule has 3 aromatic heterocycles. The highest BCUT2D eigenvalue weighted by Gasteiger charge is 2.23. The lowest BCUT2D eigenvalue weighted by Gasteiger charge is -2.06. The monoisotopic (exact) mass is 334 g/mol. The van der Waals surface area contributed by atoms with Crippen molar-refractivity contribution >= 4 is 16.7 Å². The standard InChI is InChI=1S/C18H18N6O/c1-11-6-12(2)8-13(7-11)24-17-14(9-20-24)18-21-16(15-4-3-5-25-15)22-23(18)10-19-17/h6-10,15H,3-5H2,1-2H3/t15-/m0/s1. The van der Waals surface area contributed by atoms with Gasteiger partial charge in [0.25, 0.3) is 0 Å². The molecular weight excluding hydrogens is 316 g/mol. The van der Waals surface area contributed by atoms with Gasteiger partial charge in [-0.1, -0.05) is 6.07 Å². The van der Waals surface area contributed by atoms with Gasteiger partial charge in [-0.25, -0.2) is 19.2 Å². The summed E-state index contributed by atoms with van der Waals surface area (Å²) in [6.45, 7) is 4.94. The zero-order valence-corrected chi connectivity index (χ0v) is 14.2. The lowest BCUT2D eigenvalue weighted by Crippen LogP contribution is -2.00. The van der Waals surface area contributed by atoms with Gasteiger partial charge in [-0.3, -0.25) is 0 Å². The maximum absolute atomic E-state index is 5.70. The largest absolute Gasteiger partial charge is 0.370 e. The number of hydrogen-bond acceptors (Lipinski definition) is 5. The second kappa shape index (κ2) is 5.35. The van der Waals surface area contributed by atoms with E-state index >= 15 is 0 Å². The molecule has 126 valence electrons. The molecule has 0 bridgehead atoms. The lowest BCUT2D eigenvalue weighted by atomic mass is 10.1. The van der Waals surface area contributed by atoms with Crippen LogP contribution in [-0.2, 0) is 4.74 Å². The molecule has 0 unspecified atom stereocenters. The zero-order valence-electron chi connectivity index (χ0n) is 14.2. The fraction of sp³-hybridized carbons (Fsp3) is 0.333. The number of ether oxygens (including phenoxy) is 1. The van der Waals surface area contributed by atoms with E-state index in [1.54, 1.807) is 10.8 Å². The van der Waals surface area contributed by atoms with Gasteiger partial charge in [0.1, 0.15) is 12.4 Å². The molecule has 1 aromatic carbocycles. The third-order valence-corrected chi connectivity index (χ3v) is 4.59. The molecule has 4 aromatic rings. The van der Waals surface area contributed by atoms with Crippen LogP contribution in [0.3, 0.4) is 0 Å². The molecule has 0 saturated carbocycles. The molecule has 7 nitrogen and oxygen atoms in total. The molecular formula is C18H18N6O. The molecule has 0 N–H and O–H groups in total. The molecule has 1 atom stereocenters. The molecule has 1 fully saturated rings. The van der Waals surface area contributed by atoms with E-state index in [-0.39, 0.29) is 6.10 Å². The van der Waals surface area contributed by atoms with Gasteiger partial charge in [-0.2, -0.15) is 5.10 Å². The summed E-state index contributed by atoms with van der Waals surface area (Å²) in [5, 5.41) is 9.97. The van der Waals surface area contributed by atoms with Crippen LogP contribution in [0.15, 0.2) is 30.7 Å². The van der Waals surface area contributed by atoms with Gasteiger partial charge in [0, 0.05) is 6.61 Å². The predicted molar refractivity (Wildman–Crippen MR) is 92.8 cm³/mol. The zero-order chi connectivity index (χ0) is 17.0. The molecule has 1 aliphatic rings. The Kier molecular flexibility index (Phi) is 3.11. The Morgan fingerprint density at radius 3 is 2.72 bits per heavy atom. The Balaban J connectivity index is 1.68. The summed E-state index contributed by atoms with van der Waals surface area (Å²) in [5.74, 6) is 0.728. The fourth-order valence-corrected chi connectivity index (χ4v) is 3.52. The van der Waals surface area contributed by atoms with Gasteiger partial charge in [-0.05, 0) is 49.9 Å². The van der Waals surface area contributed by atoms with Crippen LogP contribution in [0.1, 0.15) is 35.9 Å². The molecule has 0 radical (unpaired) electrons. The van der Waals surface area contributed by atoms with Crippen LogP contribution in [0, 0.1) is 13.8 Å². The molecule has 5 rings (SSSR count). The second-order valence-corrected chi connectivity index (χ2v) is 6.62. The van der Waals surface area contributed by atoms with E-state index in [1.165, 1.54) is 11.1 Å². The third-order valence-electron chi connectivity index (χ3n) is 4.59. The van der Waals surface area contributed by atoms with E-state index < -0.39 is 0 Å². The van der Waals surface area contributed by atoms with Crippen molar-refractivity contribution in [3.63, 3.8) is 0 Å². The summed E-state index contributed by atoms with van der Waals surface area (Å²) in [4.78, 5) is 9.26. The van der Waals surface area contributed by atoms with E-state index in [4.69, 9.17) is 9.72 Å². The molecule has 0 amide bonds. The Hall–Kier alpha value is -2.80. The van der Waals surface area contributed by atoms with Crippen molar-refractivity contribution < 1.29 is 4.74 Å². The minimum Gasteiger partial charge on any atom is -0.370 e. The minimum absolute atomic E-state index is 0.00980. The lowest BCUT2D eigenvalue weighted by molar-refractivity contribution is 0.105. The molecule has 1 saturated heterocycles.